The number of fused-ring (bicyclic) bond motifs is 6. The van der Waals surface area contributed by atoms with Crippen molar-refractivity contribution in [3.8, 4) is 51.0 Å². The Labute approximate surface area is 313 Å². The molecule has 0 bridgehead atoms. The molecule has 254 valence electrons. The van der Waals surface area contributed by atoms with Crippen molar-refractivity contribution in [2.75, 3.05) is 0 Å². The predicted molar refractivity (Wildman–Crippen MR) is 223 cm³/mol. The smallest absolute Gasteiger partial charge is 0.138 e. The molecular weight excluding hydrogens is 657 g/mol. The standard InChI is InChI=1S/C50H34N4/c1-32-10-7-13-35(24-32)37-20-22-47-43(27-37)40-16-3-5-18-45(40)53(47)49-31-52-50(29-42(49)39-15-9-12-34(26-39)30-51)54-46-19-6-4-17-41(46)44-28-38(21-23-48(44)54)36-14-8-11-33(2)25-36/h3-29,31H,1-2H3. The second kappa shape index (κ2) is 12.5. The monoisotopic (exact) mass is 690 g/mol. The normalized spacial score (nSPS) is 11.5. The molecular formula is C50H34N4. The van der Waals surface area contributed by atoms with Crippen LogP contribution in [0, 0.1) is 25.2 Å². The lowest BCUT2D eigenvalue weighted by molar-refractivity contribution is 1.06. The molecule has 0 spiro atoms. The molecule has 0 amide bonds. The number of rotatable bonds is 5. The van der Waals surface area contributed by atoms with E-state index in [9.17, 15) is 5.26 Å². The number of benzene rings is 7. The first-order chi connectivity index (χ1) is 26.5. The maximum atomic E-state index is 9.97. The molecule has 0 fully saturated rings. The van der Waals surface area contributed by atoms with Gasteiger partial charge in [-0.1, -0.05) is 120 Å². The number of para-hydroxylation sites is 2. The van der Waals surface area contributed by atoms with Crippen LogP contribution in [0.15, 0.2) is 170 Å². The van der Waals surface area contributed by atoms with Crippen molar-refractivity contribution < 1.29 is 0 Å². The van der Waals surface area contributed by atoms with Crippen LogP contribution in [-0.2, 0) is 0 Å². The van der Waals surface area contributed by atoms with E-state index in [1.54, 1.807) is 0 Å². The molecule has 3 heterocycles. The fourth-order valence-corrected chi connectivity index (χ4v) is 8.19. The van der Waals surface area contributed by atoms with Crippen LogP contribution in [0.5, 0.6) is 0 Å². The van der Waals surface area contributed by atoms with Crippen molar-refractivity contribution in [1.29, 1.82) is 5.26 Å². The van der Waals surface area contributed by atoms with Gasteiger partial charge in [-0.15, -0.1) is 0 Å². The summed E-state index contributed by atoms with van der Waals surface area (Å²) in [6.07, 6.45) is 2.01. The highest BCUT2D eigenvalue weighted by Crippen LogP contribution is 2.40. The molecule has 0 unspecified atom stereocenters. The molecule has 7 aromatic carbocycles. The van der Waals surface area contributed by atoms with Gasteiger partial charge in [0.15, 0.2) is 0 Å². The highest BCUT2D eigenvalue weighted by Gasteiger charge is 2.20. The molecule has 4 nitrogen and oxygen atoms in total. The van der Waals surface area contributed by atoms with E-state index in [1.165, 1.54) is 54.9 Å². The van der Waals surface area contributed by atoms with Crippen molar-refractivity contribution >= 4 is 43.6 Å². The van der Waals surface area contributed by atoms with Crippen LogP contribution in [-0.4, -0.2) is 14.1 Å². The van der Waals surface area contributed by atoms with Gasteiger partial charge in [0, 0.05) is 27.1 Å². The maximum absolute atomic E-state index is 9.97. The highest BCUT2D eigenvalue weighted by atomic mass is 15.1. The van der Waals surface area contributed by atoms with E-state index < -0.39 is 0 Å². The molecule has 0 atom stereocenters. The van der Waals surface area contributed by atoms with E-state index in [0.29, 0.717) is 5.56 Å². The molecule has 0 aliphatic heterocycles. The second-order valence-corrected chi connectivity index (χ2v) is 14.2. The van der Waals surface area contributed by atoms with Crippen molar-refractivity contribution in [2.24, 2.45) is 0 Å². The van der Waals surface area contributed by atoms with E-state index >= 15 is 0 Å². The Bertz CT molecular complexity index is 3150. The summed E-state index contributed by atoms with van der Waals surface area (Å²) in [5.41, 5.74) is 15.1. The maximum Gasteiger partial charge on any atom is 0.138 e. The number of nitrogens with zero attached hydrogens (tertiary/aromatic N) is 4. The Morgan fingerprint density at radius 1 is 0.444 bits per heavy atom. The number of pyridine rings is 1. The molecule has 10 rings (SSSR count). The van der Waals surface area contributed by atoms with E-state index in [4.69, 9.17) is 4.98 Å². The average molecular weight is 691 g/mol. The Morgan fingerprint density at radius 2 is 0.963 bits per heavy atom. The zero-order chi connectivity index (χ0) is 36.3. The summed E-state index contributed by atoms with van der Waals surface area (Å²) in [6, 6.07) is 60.4. The largest absolute Gasteiger partial charge is 0.307 e. The summed E-state index contributed by atoms with van der Waals surface area (Å²) in [5.74, 6) is 0.813. The van der Waals surface area contributed by atoms with Crippen LogP contribution in [0.25, 0.3) is 88.5 Å². The van der Waals surface area contributed by atoms with Crippen LogP contribution in [0.1, 0.15) is 16.7 Å². The van der Waals surface area contributed by atoms with Crippen LogP contribution in [0.3, 0.4) is 0 Å². The van der Waals surface area contributed by atoms with Crippen molar-refractivity contribution in [1.82, 2.24) is 14.1 Å². The summed E-state index contributed by atoms with van der Waals surface area (Å²) in [7, 11) is 0. The summed E-state index contributed by atoms with van der Waals surface area (Å²) < 4.78 is 4.60. The van der Waals surface area contributed by atoms with Gasteiger partial charge >= 0.3 is 0 Å². The van der Waals surface area contributed by atoms with Gasteiger partial charge in [0.2, 0.25) is 0 Å². The third kappa shape index (κ3) is 5.10. The van der Waals surface area contributed by atoms with Gasteiger partial charge in [-0.3, -0.25) is 4.57 Å². The summed E-state index contributed by atoms with van der Waals surface area (Å²) >= 11 is 0. The Balaban J connectivity index is 1.23. The van der Waals surface area contributed by atoms with Crippen molar-refractivity contribution in [2.45, 2.75) is 13.8 Å². The van der Waals surface area contributed by atoms with Gasteiger partial charge in [0.1, 0.15) is 5.82 Å². The predicted octanol–water partition coefficient (Wildman–Crippen LogP) is 12.8. The zero-order valence-electron chi connectivity index (χ0n) is 30.0. The van der Waals surface area contributed by atoms with E-state index in [0.717, 1.165) is 44.7 Å². The van der Waals surface area contributed by atoms with Gasteiger partial charge in [0.25, 0.3) is 0 Å². The summed E-state index contributed by atoms with van der Waals surface area (Å²) in [4.78, 5) is 5.26. The van der Waals surface area contributed by atoms with E-state index in [-0.39, 0.29) is 0 Å². The van der Waals surface area contributed by atoms with Crippen LogP contribution in [0.2, 0.25) is 0 Å². The van der Waals surface area contributed by atoms with Crippen LogP contribution in [0.4, 0.5) is 0 Å². The minimum atomic E-state index is 0.613. The number of aryl methyl sites for hydroxylation is 2. The first-order valence-electron chi connectivity index (χ1n) is 18.3. The highest BCUT2D eigenvalue weighted by molar-refractivity contribution is 6.12. The molecule has 54 heavy (non-hydrogen) atoms. The Kier molecular flexibility index (Phi) is 7.28. The van der Waals surface area contributed by atoms with Crippen molar-refractivity contribution in [3.05, 3.63) is 187 Å². The fourth-order valence-electron chi connectivity index (χ4n) is 8.19. The van der Waals surface area contributed by atoms with Gasteiger partial charge in [0.05, 0.1) is 45.6 Å². The number of nitriles is 1. The minimum absolute atomic E-state index is 0.613. The van der Waals surface area contributed by atoms with E-state index in [1.807, 2.05) is 24.4 Å². The quantitative estimate of drug-likeness (QED) is 0.180. The molecule has 0 saturated heterocycles. The van der Waals surface area contributed by atoms with Crippen LogP contribution < -0.4 is 0 Å². The van der Waals surface area contributed by atoms with Gasteiger partial charge < -0.3 is 4.57 Å². The van der Waals surface area contributed by atoms with E-state index in [2.05, 4.69) is 175 Å². The molecule has 4 heteroatoms. The molecule has 0 N–H and O–H groups in total. The number of hydrogen-bond acceptors (Lipinski definition) is 2. The first-order valence-corrected chi connectivity index (χ1v) is 18.3. The van der Waals surface area contributed by atoms with Crippen LogP contribution >= 0.6 is 0 Å². The minimum Gasteiger partial charge on any atom is -0.307 e. The first kappa shape index (κ1) is 31.5. The average Bonchev–Trinajstić information content (AvgIpc) is 3.73. The lowest BCUT2D eigenvalue weighted by Gasteiger charge is -2.17. The third-order valence-electron chi connectivity index (χ3n) is 10.7. The Hall–Kier alpha value is -7.22. The molecule has 10 aromatic rings. The lowest BCUT2D eigenvalue weighted by Crippen LogP contribution is -2.03. The van der Waals surface area contributed by atoms with Gasteiger partial charge in [-0.2, -0.15) is 5.26 Å². The number of hydrogen-bond donors (Lipinski definition) is 0. The summed E-state index contributed by atoms with van der Waals surface area (Å²) in [6.45, 7) is 4.27. The molecule has 0 radical (unpaired) electrons. The third-order valence-corrected chi connectivity index (χ3v) is 10.7. The molecule has 0 aliphatic rings. The van der Waals surface area contributed by atoms with Gasteiger partial charge in [-0.25, -0.2) is 4.98 Å². The van der Waals surface area contributed by atoms with Gasteiger partial charge in [-0.05, 0) is 96.3 Å². The SMILES string of the molecule is Cc1cccc(-c2ccc3c(c2)c2ccccc2n3-c2cc(-c3cccc(C#N)c3)c(-n3c4ccccc4c4cc(-c5cccc(C)c5)ccc43)cn2)c1. The Morgan fingerprint density at radius 3 is 1.57 bits per heavy atom. The summed E-state index contributed by atoms with van der Waals surface area (Å²) in [5, 5.41) is 14.7. The second-order valence-electron chi connectivity index (χ2n) is 14.2. The topological polar surface area (TPSA) is 46.5 Å². The van der Waals surface area contributed by atoms with Crippen molar-refractivity contribution in [3.63, 3.8) is 0 Å². The molecule has 0 saturated carbocycles. The lowest BCUT2D eigenvalue weighted by atomic mass is 10.0. The zero-order valence-corrected chi connectivity index (χ0v) is 30.0. The molecule has 0 aliphatic carbocycles. The molecule has 3 aromatic heterocycles. The fraction of sp³-hybridized carbons (Fsp3) is 0.0400. The number of aromatic nitrogens is 3.